The number of rotatable bonds is 6. The molecule has 0 bridgehead atoms. The summed E-state index contributed by atoms with van der Waals surface area (Å²) < 4.78 is 12.6. The molecule has 9 nitrogen and oxygen atoms in total. The van der Waals surface area contributed by atoms with Crippen molar-refractivity contribution in [3.05, 3.63) is 59.3 Å². The lowest BCUT2D eigenvalue weighted by Gasteiger charge is -2.08. The number of nitro groups is 1. The second-order valence-corrected chi connectivity index (χ2v) is 6.42. The molecule has 136 valence electrons. The zero-order valence-corrected chi connectivity index (χ0v) is 14.8. The van der Waals surface area contributed by atoms with Crippen LogP contribution in [-0.4, -0.2) is 31.5 Å². The van der Waals surface area contributed by atoms with Gasteiger partial charge in [0.25, 0.3) is 0 Å². The van der Waals surface area contributed by atoms with Crippen LogP contribution in [0.4, 0.5) is 5.69 Å². The van der Waals surface area contributed by atoms with Crippen LogP contribution in [0.1, 0.15) is 0 Å². The molecule has 1 aliphatic heterocycles. The number of allylic oxidation sites excluding steroid dienone is 1. The molecule has 10 heteroatoms. The van der Waals surface area contributed by atoms with Gasteiger partial charge in [-0.15, -0.1) is 16.8 Å². The van der Waals surface area contributed by atoms with Crippen LogP contribution in [0.15, 0.2) is 59.4 Å². The molecule has 0 aliphatic carbocycles. The third kappa shape index (κ3) is 3.22. The van der Waals surface area contributed by atoms with Crippen molar-refractivity contribution < 1.29 is 14.4 Å². The van der Waals surface area contributed by atoms with Gasteiger partial charge in [0, 0.05) is 24.4 Å². The molecule has 2 aromatic heterocycles. The molecule has 1 aromatic carbocycles. The Kier molecular flexibility index (Phi) is 4.47. The van der Waals surface area contributed by atoms with Crippen molar-refractivity contribution in [1.29, 1.82) is 0 Å². The highest BCUT2D eigenvalue weighted by Gasteiger charge is 2.22. The number of fused-ring (bicyclic) bond motifs is 1. The maximum Gasteiger partial charge on any atom is 0.301 e. The van der Waals surface area contributed by atoms with Crippen LogP contribution in [0.25, 0.3) is 11.4 Å². The van der Waals surface area contributed by atoms with Crippen LogP contribution in [0.3, 0.4) is 0 Å². The average Bonchev–Trinajstić information content (AvgIpc) is 3.29. The van der Waals surface area contributed by atoms with Crippen molar-refractivity contribution in [2.45, 2.75) is 16.7 Å². The largest absolute Gasteiger partial charge is 0.454 e. The highest BCUT2D eigenvalue weighted by Crippen LogP contribution is 2.37. The molecular formula is C17H13N5O4S. The van der Waals surface area contributed by atoms with Crippen molar-refractivity contribution in [2.24, 2.45) is 0 Å². The Morgan fingerprint density at radius 2 is 2.15 bits per heavy atom. The standard InChI is InChI=1S/C17H13N5O4S/c1-2-8-21-15(11-5-6-13-14(9-11)26-10-25-13)19-20-17(21)27-16-12(22(23)24)4-3-7-18-16/h2-7,9H,1,8,10H2. The Morgan fingerprint density at radius 3 is 2.96 bits per heavy atom. The lowest BCUT2D eigenvalue weighted by Crippen LogP contribution is -2.01. The summed E-state index contributed by atoms with van der Waals surface area (Å²) in [6.45, 7) is 4.38. The normalized spacial score (nSPS) is 12.1. The third-order valence-corrected chi connectivity index (χ3v) is 4.79. The Bertz CT molecular complexity index is 1040. The van der Waals surface area contributed by atoms with Gasteiger partial charge in [-0.1, -0.05) is 6.08 Å². The van der Waals surface area contributed by atoms with E-state index in [1.807, 2.05) is 16.7 Å². The number of aromatic nitrogens is 4. The van der Waals surface area contributed by atoms with E-state index in [9.17, 15) is 10.1 Å². The van der Waals surface area contributed by atoms with Gasteiger partial charge in [-0.05, 0) is 36.0 Å². The number of pyridine rings is 1. The molecule has 0 amide bonds. The number of hydrogen-bond donors (Lipinski definition) is 0. The van der Waals surface area contributed by atoms with Crippen LogP contribution >= 0.6 is 11.8 Å². The summed E-state index contributed by atoms with van der Waals surface area (Å²) in [5, 5.41) is 20.4. The van der Waals surface area contributed by atoms with E-state index < -0.39 is 4.92 Å². The summed E-state index contributed by atoms with van der Waals surface area (Å²) in [5.41, 5.74) is 0.705. The summed E-state index contributed by atoms with van der Waals surface area (Å²) >= 11 is 1.08. The molecular weight excluding hydrogens is 370 g/mol. The summed E-state index contributed by atoms with van der Waals surface area (Å²) in [6.07, 6.45) is 3.21. The number of benzene rings is 1. The van der Waals surface area contributed by atoms with Crippen LogP contribution in [0.5, 0.6) is 11.5 Å². The topological polar surface area (TPSA) is 105 Å². The minimum absolute atomic E-state index is 0.0831. The van der Waals surface area contributed by atoms with Crippen LogP contribution in [0, 0.1) is 10.1 Å². The Hall–Kier alpha value is -3.40. The van der Waals surface area contributed by atoms with E-state index in [0.29, 0.717) is 29.0 Å². The first-order valence-electron chi connectivity index (χ1n) is 7.88. The van der Waals surface area contributed by atoms with E-state index in [4.69, 9.17) is 9.47 Å². The van der Waals surface area contributed by atoms with Crippen LogP contribution in [-0.2, 0) is 6.54 Å². The number of nitrogens with zero attached hydrogens (tertiary/aromatic N) is 5. The van der Waals surface area contributed by atoms with Gasteiger partial charge < -0.3 is 9.47 Å². The molecule has 0 saturated carbocycles. The van der Waals surface area contributed by atoms with E-state index in [1.54, 1.807) is 12.1 Å². The molecule has 0 unspecified atom stereocenters. The van der Waals surface area contributed by atoms with Crippen molar-refractivity contribution >= 4 is 17.4 Å². The fourth-order valence-corrected chi connectivity index (χ4v) is 3.48. The second kappa shape index (κ2) is 7.08. The zero-order chi connectivity index (χ0) is 18.8. The fourth-order valence-electron chi connectivity index (χ4n) is 2.59. The SMILES string of the molecule is C=CCn1c(Sc2ncccc2[N+](=O)[O-])nnc1-c1ccc2c(c1)OCO2. The van der Waals surface area contributed by atoms with E-state index in [2.05, 4.69) is 21.8 Å². The predicted octanol–water partition coefficient (Wildman–Crippen LogP) is 3.31. The van der Waals surface area contributed by atoms with E-state index >= 15 is 0 Å². The van der Waals surface area contributed by atoms with Gasteiger partial charge in [0.15, 0.2) is 27.5 Å². The van der Waals surface area contributed by atoms with Gasteiger partial charge in [0.2, 0.25) is 6.79 Å². The molecule has 0 atom stereocenters. The lowest BCUT2D eigenvalue weighted by atomic mass is 10.2. The molecule has 0 saturated heterocycles. The summed E-state index contributed by atoms with van der Waals surface area (Å²) in [6, 6.07) is 8.41. The molecule has 3 aromatic rings. The molecule has 3 heterocycles. The van der Waals surface area contributed by atoms with Gasteiger partial charge in [-0.25, -0.2) is 4.98 Å². The van der Waals surface area contributed by atoms with Gasteiger partial charge in [-0.2, -0.15) is 0 Å². The molecule has 0 spiro atoms. The van der Waals surface area contributed by atoms with Crippen molar-refractivity contribution in [1.82, 2.24) is 19.7 Å². The fraction of sp³-hybridized carbons (Fsp3) is 0.118. The van der Waals surface area contributed by atoms with Gasteiger partial charge in [0.1, 0.15) is 0 Å². The third-order valence-electron chi connectivity index (χ3n) is 3.80. The highest BCUT2D eigenvalue weighted by molar-refractivity contribution is 7.99. The summed E-state index contributed by atoms with van der Waals surface area (Å²) in [5.74, 6) is 1.90. The minimum Gasteiger partial charge on any atom is -0.454 e. The number of hydrogen-bond acceptors (Lipinski definition) is 8. The average molecular weight is 383 g/mol. The second-order valence-electron chi connectivity index (χ2n) is 5.46. The molecule has 1 aliphatic rings. The highest BCUT2D eigenvalue weighted by atomic mass is 32.2. The molecule has 0 N–H and O–H groups in total. The quantitative estimate of drug-likeness (QED) is 0.363. The predicted molar refractivity (Wildman–Crippen MR) is 96.8 cm³/mol. The monoisotopic (exact) mass is 383 g/mol. The lowest BCUT2D eigenvalue weighted by molar-refractivity contribution is -0.388. The molecule has 0 radical (unpaired) electrons. The van der Waals surface area contributed by atoms with Crippen molar-refractivity contribution in [2.75, 3.05) is 6.79 Å². The summed E-state index contributed by atoms with van der Waals surface area (Å²) in [4.78, 5) is 14.9. The Labute approximate surface area is 157 Å². The van der Waals surface area contributed by atoms with E-state index in [0.717, 1.165) is 17.3 Å². The first-order valence-corrected chi connectivity index (χ1v) is 8.70. The molecule has 27 heavy (non-hydrogen) atoms. The van der Waals surface area contributed by atoms with E-state index in [1.165, 1.54) is 18.3 Å². The molecule has 0 fully saturated rings. The van der Waals surface area contributed by atoms with Crippen molar-refractivity contribution in [3.8, 4) is 22.9 Å². The first-order chi connectivity index (χ1) is 13.2. The maximum atomic E-state index is 11.2. The smallest absolute Gasteiger partial charge is 0.301 e. The van der Waals surface area contributed by atoms with E-state index in [-0.39, 0.29) is 17.5 Å². The Morgan fingerprint density at radius 1 is 1.30 bits per heavy atom. The van der Waals surface area contributed by atoms with Gasteiger partial charge in [0.05, 0.1) is 4.92 Å². The zero-order valence-electron chi connectivity index (χ0n) is 13.9. The maximum absolute atomic E-state index is 11.2. The van der Waals surface area contributed by atoms with Gasteiger partial charge in [-0.3, -0.25) is 14.7 Å². The molecule has 4 rings (SSSR count). The van der Waals surface area contributed by atoms with Gasteiger partial charge >= 0.3 is 5.69 Å². The minimum atomic E-state index is -0.470. The van der Waals surface area contributed by atoms with Crippen LogP contribution < -0.4 is 9.47 Å². The first kappa shape index (κ1) is 17.0. The number of ether oxygens (including phenoxy) is 2. The Balaban J connectivity index is 1.73. The summed E-state index contributed by atoms with van der Waals surface area (Å²) in [7, 11) is 0. The van der Waals surface area contributed by atoms with Crippen molar-refractivity contribution in [3.63, 3.8) is 0 Å². The van der Waals surface area contributed by atoms with Crippen LogP contribution in [0.2, 0.25) is 0 Å².